The number of hydrogen-bond donors (Lipinski definition) is 2. The predicted molar refractivity (Wildman–Crippen MR) is 84.0 cm³/mol. The number of nitrogens with one attached hydrogen (secondary N) is 2. The average Bonchev–Trinajstić information content (AvgIpc) is 2.58. The molecule has 1 saturated heterocycles. The molecule has 0 radical (unpaired) electrons. The molecule has 0 aromatic heterocycles. The minimum Gasteiger partial charge on any atom is -0.493 e. The van der Waals surface area contributed by atoms with Crippen molar-refractivity contribution in [3.63, 3.8) is 0 Å². The quantitative estimate of drug-likeness (QED) is 0.832. The second-order valence-corrected chi connectivity index (χ2v) is 5.30. The summed E-state index contributed by atoms with van der Waals surface area (Å²) in [6.07, 6.45) is 2.29. The van der Waals surface area contributed by atoms with E-state index >= 15 is 0 Å². The third-order valence-electron chi connectivity index (χ3n) is 3.90. The van der Waals surface area contributed by atoms with Crippen LogP contribution in [0, 0.1) is 5.92 Å². The minimum absolute atomic E-state index is 0.164. The Morgan fingerprint density at radius 1 is 1.23 bits per heavy atom. The summed E-state index contributed by atoms with van der Waals surface area (Å²) in [4.78, 5) is 12.4. The van der Waals surface area contributed by atoms with Gasteiger partial charge in [0.2, 0.25) is 5.75 Å². The highest BCUT2D eigenvalue weighted by Crippen LogP contribution is 2.39. The van der Waals surface area contributed by atoms with Gasteiger partial charge in [0, 0.05) is 6.54 Å². The normalized spacial score (nSPS) is 17.7. The highest BCUT2D eigenvalue weighted by atomic mass is 16.5. The number of rotatable bonds is 6. The minimum atomic E-state index is -0.164. The largest absolute Gasteiger partial charge is 0.493 e. The van der Waals surface area contributed by atoms with Crippen molar-refractivity contribution in [3.05, 3.63) is 17.7 Å². The zero-order chi connectivity index (χ0) is 15.9. The molecule has 1 aromatic carbocycles. The van der Waals surface area contributed by atoms with Crippen molar-refractivity contribution >= 4 is 5.91 Å². The molecular formula is C16H24N2O4. The molecule has 1 aliphatic heterocycles. The van der Waals surface area contributed by atoms with Gasteiger partial charge in [0.05, 0.1) is 26.9 Å². The number of hydrogen-bond acceptors (Lipinski definition) is 5. The van der Waals surface area contributed by atoms with Crippen LogP contribution < -0.4 is 24.8 Å². The Hall–Kier alpha value is -1.95. The summed E-state index contributed by atoms with van der Waals surface area (Å²) in [5.41, 5.74) is 0.448. The third-order valence-corrected chi connectivity index (χ3v) is 3.90. The van der Waals surface area contributed by atoms with E-state index in [-0.39, 0.29) is 5.91 Å². The zero-order valence-electron chi connectivity index (χ0n) is 13.4. The lowest BCUT2D eigenvalue weighted by molar-refractivity contribution is 0.0941. The maximum absolute atomic E-state index is 12.4. The Labute approximate surface area is 131 Å². The highest BCUT2D eigenvalue weighted by Gasteiger charge is 2.21. The molecule has 0 spiro atoms. The van der Waals surface area contributed by atoms with E-state index in [9.17, 15) is 4.79 Å². The number of methoxy groups -OCH3 is 3. The summed E-state index contributed by atoms with van der Waals surface area (Å²) >= 11 is 0. The molecule has 1 unspecified atom stereocenters. The Kier molecular flexibility index (Phi) is 5.89. The molecule has 1 atom stereocenters. The van der Waals surface area contributed by atoms with Crippen LogP contribution in [0.15, 0.2) is 12.1 Å². The van der Waals surface area contributed by atoms with E-state index in [1.54, 1.807) is 19.2 Å². The summed E-state index contributed by atoms with van der Waals surface area (Å²) in [6.45, 7) is 2.67. The van der Waals surface area contributed by atoms with Crippen LogP contribution in [0.3, 0.4) is 0 Å². The second-order valence-electron chi connectivity index (χ2n) is 5.30. The Balaban J connectivity index is 2.11. The molecule has 2 N–H and O–H groups in total. The molecule has 22 heavy (non-hydrogen) atoms. The van der Waals surface area contributed by atoms with Crippen LogP contribution in [-0.2, 0) is 0 Å². The molecule has 0 saturated carbocycles. The molecule has 0 bridgehead atoms. The summed E-state index contributed by atoms with van der Waals surface area (Å²) in [5.74, 6) is 1.66. The van der Waals surface area contributed by atoms with Gasteiger partial charge in [-0.1, -0.05) is 0 Å². The van der Waals surface area contributed by atoms with Gasteiger partial charge < -0.3 is 24.8 Å². The number of benzene rings is 1. The van der Waals surface area contributed by atoms with E-state index < -0.39 is 0 Å². The van der Waals surface area contributed by atoms with Gasteiger partial charge in [-0.25, -0.2) is 0 Å². The molecule has 1 heterocycles. The molecule has 1 fully saturated rings. The van der Waals surface area contributed by atoms with E-state index in [0.717, 1.165) is 25.9 Å². The van der Waals surface area contributed by atoms with Crippen LogP contribution in [0.5, 0.6) is 17.2 Å². The second kappa shape index (κ2) is 7.89. The lowest BCUT2D eigenvalue weighted by Crippen LogP contribution is -2.38. The first-order valence-corrected chi connectivity index (χ1v) is 7.49. The van der Waals surface area contributed by atoms with Crippen molar-refractivity contribution in [2.75, 3.05) is 41.0 Å². The van der Waals surface area contributed by atoms with E-state index in [0.29, 0.717) is 35.3 Å². The van der Waals surface area contributed by atoms with Crippen LogP contribution in [0.4, 0.5) is 0 Å². The van der Waals surface area contributed by atoms with Crippen LogP contribution in [0.1, 0.15) is 23.2 Å². The van der Waals surface area contributed by atoms with Gasteiger partial charge in [-0.3, -0.25) is 4.79 Å². The van der Waals surface area contributed by atoms with E-state index in [1.165, 1.54) is 14.2 Å². The fraction of sp³-hybridized carbons (Fsp3) is 0.562. The predicted octanol–water partition coefficient (Wildman–Crippen LogP) is 1.44. The third kappa shape index (κ3) is 3.62. The van der Waals surface area contributed by atoms with Gasteiger partial charge in [0.15, 0.2) is 11.5 Å². The van der Waals surface area contributed by atoms with Crippen LogP contribution in [-0.4, -0.2) is 46.9 Å². The van der Waals surface area contributed by atoms with Gasteiger partial charge in [-0.15, -0.1) is 0 Å². The molecule has 1 aliphatic rings. The van der Waals surface area contributed by atoms with Crippen molar-refractivity contribution in [2.45, 2.75) is 12.8 Å². The topological polar surface area (TPSA) is 68.8 Å². The monoisotopic (exact) mass is 308 g/mol. The number of carbonyl (C=O) groups excluding carboxylic acids is 1. The Morgan fingerprint density at radius 2 is 2.00 bits per heavy atom. The fourth-order valence-corrected chi connectivity index (χ4v) is 2.71. The first kappa shape index (κ1) is 16.4. The zero-order valence-corrected chi connectivity index (χ0v) is 13.4. The molecule has 0 aliphatic carbocycles. The van der Waals surface area contributed by atoms with Crippen molar-refractivity contribution in [3.8, 4) is 17.2 Å². The summed E-state index contributed by atoms with van der Waals surface area (Å²) in [7, 11) is 4.59. The fourth-order valence-electron chi connectivity index (χ4n) is 2.71. The lowest BCUT2D eigenvalue weighted by atomic mass is 9.99. The van der Waals surface area contributed by atoms with Crippen LogP contribution >= 0.6 is 0 Å². The van der Waals surface area contributed by atoms with Crippen LogP contribution in [0.25, 0.3) is 0 Å². The summed E-state index contributed by atoms with van der Waals surface area (Å²) < 4.78 is 15.9. The maximum Gasteiger partial charge on any atom is 0.255 e. The highest BCUT2D eigenvalue weighted by molar-refractivity contribution is 5.98. The van der Waals surface area contributed by atoms with Crippen LogP contribution in [0.2, 0.25) is 0 Å². The van der Waals surface area contributed by atoms with Gasteiger partial charge in [0.1, 0.15) is 0 Å². The lowest BCUT2D eigenvalue weighted by Gasteiger charge is -2.23. The number of piperidine rings is 1. The molecule has 6 nitrogen and oxygen atoms in total. The molecule has 1 amide bonds. The van der Waals surface area contributed by atoms with E-state index in [1.807, 2.05) is 0 Å². The first-order chi connectivity index (χ1) is 10.7. The van der Waals surface area contributed by atoms with Gasteiger partial charge in [-0.2, -0.15) is 0 Å². The molecular weight excluding hydrogens is 284 g/mol. The van der Waals surface area contributed by atoms with E-state index in [4.69, 9.17) is 14.2 Å². The maximum atomic E-state index is 12.4. The number of ether oxygens (including phenoxy) is 3. The van der Waals surface area contributed by atoms with E-state index in [2.05, 4.69) is 10.6 Å². The van der Waals surface area contributed by atoms with Crippen molar-refractivity contribution in [2.24, 2.45) is 5.92 Å². The number of carbonyl (C=O) groups is 1. The molecule has 6 heteroatoms. The van der Waals surface area contributed by atoms with Crippen molar-refractivity contribution in [1.82, 2.24) is 10.6 Å². The molecule has 2 rings (SSSR count). The van der Waals surface area contributed by atoms with Gasteiger partial charge in [-0.05, 0) is 44.0 Å². The average molecular weight is 308 g/mol. The number of amides is 1. The standard InChI is InChI=1S/C16H24N2O4/c1-20-13-7-6-12(14(21-2)15(13)22-3)16(19)18-10-11-5-4-8-17-9-11/h6-7,11,17H,4-5,8-10H2,1-3H3,(H,18,19). The first-order valence-electron chi connectivity index (χ1n) is 7.49. The summed E-state index contributed by atoms with van der Waals surface area (Å²) in [6, 6.07) is 3.40. The SMILES string of the molecule is COc1ccc(C(=O)NCC2CCCNC2)c(OC)c1OC. The van der Waals surface area contributed by atoms with Gasteiger partial charge in [0.25, 0.3) is 5.91 Å². The van der Waals surface area contributed by atoms with Crippen molar-refractivity contribution in [1.29, 1.82) is 0 Å². The van der Waals surface area contributed by atoms with Crippen molar-refractivity contribution < 1.29 is 19.0 Å². The smallest absolute Gasteiger partial charge is 0.255 e. The Bertz CT molecular complexity index is 513. The molecule has 122 valence electrons. The Morgan fingerprint density at radius 3 is 2.59 bits per heavy atom. The molecule has 1 aromatic rings. The summed E-state index contributed by atoms with van der Waals surface area (Å²) in [5, 5.41) is 6.32. The van der Waals surface area contributed by atoms with Gasteiger partial charge >= 0.3 is 0 Å².